The number of pyridine rings is 1. The first-order chi connectivity index (χ1) is 8.79. The highest BCUT2D eigenvalue weighted by atomic mass is 15.2. The van der Waals surface area contributed by atoms with Gasteiger partial charge in [0.1, 0.15) is 5.82 Å². The number of rotatable bonds is 5. The summed E-state index contributed by atoms with van der Waals surface area (Å²) in [6.45, 7) is 8.38. The van der Waals surface area contributed by atoms with E-state index in [1.807, 2.05) is 0 Å². The number of aromatic nitrogens is 1. The minimum absolute atomic E-state index is 0.865. The van der Waals surface area contributed by atoms with Crippen molar-refractivity contribution < 1.29 is 0 Å². The van der Waals surface area contributed by atoms with Crippen molar-refractivity contribution in [2.75, 3.05) is 24.5 Å². The average molecular weight is 245 g/mol. The van der Waals surface area contributed by atoms with Gasteiger partial charge in [-0.15, -0.1) is 0 Å². The lowest BCUT2D eigenvalue weighted by Crippen LogP contribution is -2.29. The first-order valence-corrected chi connectivity index (χ1v) is 6.87. The molecule has 3 nitrogen and oxygen atoms in total. The minimum atomic E-state index is 0.865. The topological polar surface area (TPSA) is 28.2 Å². The van der Waals surface area contributed by atoms with Gasteiger partial charge >= 0.3 is 0 Å². The monoisotopic (exact) mass is 245 g/mol. The molecule has 0 saturated carbocycles. The molecule has 0 unspecified atom stereocenters. The Balaban J connectivity index is 1.98. The predicted octanol–water partition coefficient (Wildman–Crippen LogP) is 2.74. The third-order valence-corrected chi connectivity index (χ3v) is 3.29. The van der Waals surface area contributed by atoms with Gasteiger partial charge in [-0.05, 0) is 38.4 Å². The highest BCUT2D eigenvalue weighted by Crippen LogP contribution is 2.17. The maximum Gasteiger partial charge on any atom is 0.129 e. The number of nitrogens with one attached hydrogen (secondary N) is 1. The van der Waals surface area contributed by atoms with E-state index in [9.17, 15) is 0 Å². The first kappa shape index (κ1) is 13.1. The molecule has 2 heterocycles. The fourth-order valence-corrected chi connectivity index (χ4v) is 2.11. The van der Waals surface area contributed by atoms with Crippen LogP contribution in [0.4, 0.5) is 5.82 Å². The van der Waals surface area contributed by atoms with E-state index < -0.39 is 0 Å². The van der Waals surface area contributed by atoms with E-state index in [2.05, 4.69) is 48.3 Å². The lowest BCUT2D eigenvalue weighted by atomic mass is 10.1. The summed E-state index contributed by atoms with van der Waals surface area (Å²) in [7, 11) is 0. The third kappa shape index (κ3) is 3.57. The van der Waals surface area contributed by atoms with Crippen molar-refractivity contribution in [1.29, 1.82) is 0 Å². The highest BCUT2D eigenvalue weighted by molar-refractivity contribution is 5.41. The number of anilines is 1. The van der Waals surface area contributed by atoms with Gasteiger partial charge in [-0.2, -0.15) is 0 Å². The van der Waals surface area contributed by atoms with E-state index in [-0.39, 0.29) is 0 Å². The molecule has 1 aromatic rings. The fraction of sp³-hybridized carbons (Fsp3) is 0.533. The molecule has 0 bridgehead atoms. The fourth-order valence-electron chi connectivity index (χ4n) is 2.11. The zero-order valence-corrected chi connectivity index (χ0v) is 11.4. The predicted molar refractivity (Wildman–Crippen MR) is 76.8 cm³/mol. The summed E-state index contributed by atoms with van der Waals surface area (Å²) in [6, 6.07) is 6.31. The summed E-state index contributed by atoms with van der Waals surface area (Å²) >= 11 is 0. The van der Waals surface area contributed by atoms with Crippen LogP contribution in [-0.4, -0.2) is 24.6 Å². The van der Waals surface area contributed by atoms with Crippen LogP contribution in [0.5, 0.6) is 0 Å². The van der Waals surface area contributed by atoms with Crippen molar-refractivity contribution >= 4 is 5.82 Å². The zero-order chi connectivity index (χ0) is 12.8. The molecule has 1 N–H and O–H groups in total. The van der Waals surface area contributed by atoms with E-state index >= 15 is 0 Å². The molecule has 2 rings (SSSR count). The second-order valence-corrected chi connectivity index (χ2v) is 4.91. The third-order valence-electron chi connectivity index (χ3n) is 3.29. The Morgan fingerprint density at radius 2 is 2.28 bits per heavy atom. The second-order valence-electron chi connectivity index (χ2n) is 4.91. The van der Waals surface area contributed by atoms with Crippen molar-refractivity contribution in [1.82, 2.24) is 10.3 Å². The van der Waals surface area contributed by atoms with Crippen molar-refractivity contribution in [2.45, 2.75) is 33.2 Å². The quantitative estimate of drug-likeness (QED) is 0.638. The van der Waals surface area contributed by atoms with Gasteiger partial charge in [0, 0.05) is 19.6 Å². The van der Waals surface area contributed by atoms with Gasteiger partial charge in [-0.3, -0.25) is 0 Å². The Morgan fingerprint density at radius 3 is 3.00 bits per heavy atom. The molecule has 98 valence electrons. The SMILES string of the molecule is CCCNCc1cccc(N2CC=C(C)CC2)n1. The van der Waals surface area contributed by atoms with Crippen LogP contribution in [0.3, 0.4) is 0 Å². The number of hydrogen-bond acceptors (Lipinski definition) is 3. The molecule has 18 heavy (non-hydrogen) atoms. The van der Waals surface area contributed by atoms with Crippen molar-refractivity contribution in [3.63, 3.8) is 0 Å². The maximum atomic E-state index is 4.73. The number of nitrogens with zero attached hydrogens (tertiary/aromatic N) is 2. The molecule has 0 saturated heterocycles. The standard InChI is InChI=1S/C15H23N3/c1-3-9-16-12-14-5-4-6-15(17-14)18-10-7-13(2)8-11-18/h4-7,16H,3,8-12H2,1-2H3. The molecule has 0 radical (unpaired) electrons. The van der Waals surface area contributed by atoms with Gasteiger partial charge < -0.3 is 10.2 Å². The largest absolute Gasteiger partial charge is 0.353 e. The van der Waals surface area contributed by atoms with Gasteiger partial charge in [0.25, 0.3) is 0 Å². The molecule has 1 aromatic heterocycles. The smallest absolute Gasteiger partial charge is 0.129 e. The van der Waals surface area contributed by atoms with Crippen molar-refractivity contribution in [3.8, 4) is 0 Å². The normalized spacial score (nSPS) is 15.7. The Hall–Kier alpha value is -1.35. The number of hydrogen-bond donors (Lipinski definition) is 1. The van der Waals surface area contributed by atoms with Crippen molar-refractivity contribution in [3.05, 3.63) is 35.5 Å². The average Bonchev–Trinajstić information content (AvgIpc) is 2.40. The van der Waals surface area contributed by atoms with Crippen LogP contribution in [0.15, 0.2) is 29.8 Å². The highest BCUT2D eigenvalue weighted by Gasteiger charge is 2.11. The van der Waals surface area contributed by atoms with Gasteiger partial charge in [0.15, 0.2) is 0 Å². The lowest BCUT2D eigenvalue weighted by Gasteiger charge is -2.26. The lowest BCUT2D eigenvalue weighted by molar-refractivity contribution is 0.662. The molecule has 0 atom stereocenters. The van der Waals surface area contributed by atoms with Crippen LogP contribution in [0, 0.1) is 0 Å². The minimum Gasteiger partial charge on any atom is -0.353 e. The summed E-state index contributed by atoms with van der Waals surface area (Å²) in [5.41, 5.74) is 2.62. The summed E-state index contributed by atoms with van der Waals surface area (Å²) in [5, 5.41) is 3.40. The Bertz CT molecular complexity index is 412. The van der Waals surface area contributed by atoms with Crippen molar-refractivity contribution in [2.24, 2.45) is 0 Å². The summed E-state index contributed by atoms with van der Waals surface area (Å²) < 4.78 is 0. The summed E-state index contributed by atoms with van der Waals surface area (Å²) in [5.74, 6) is 1.11. The molecule has 0 fully saturated rings. The molecule has 0 aliphatic carbocycles. The van der Waals surface area contributed by atoms with E-state index in [0.29, 0.717) is 0 Å². The van der Waals surface area contributed by atoms with E-state index in [1.165, 1.54) is 5.57 Å². The first-order valence-electron chi connectivity index (χ1n) is 6.87. The molecule has 0 aromatic carbocycles. The molecule has 0 amide bonds. The summed E-state index contributed by atoms with van der Waals surface area (Å²) in [4.78, 5) is 7.07. The molecule has 1 aliphatic heterocycles. The van der Waals surface area contributed by atoms with Gasteiger partial charge in [-0.1, -0.05) is 24.6 Å². The van der Waals surface area contributed by atoms with Gasteiger partial charge in [0.05, 0.1) is 5.69 Å². The Morgan fingerprint density at radius 1 is 1.39 bits per heavy atom. The van der Waals surface area contributed by atoms with Gasteiger partial charge in [-0.25, -0.2) is 4.98 Å². The van der Waals surface area contributed by atoms with Gasteiger partial charge in [0.2, 0.25) is 0 Å². The van der Waals surface area contributed by atoms with Crippen LogP contribution in [0.2, 0.25) is 0 Å². The van der Waals surface area contributed by atoms with Crippen LogP contribution < -0.4 is 10.2 Å². The summed E-state index contributed by atoms with van der Waals surface area (Å²) in [6.07, 6.45) is 4.61. The molecule has 3 heteroatoms. The van der Waals surface area contributed by atoms with Crippen LogP contribution in [0.25, 0.3) is 0 Å². The molecule has 0 spiro atoms. The van der Waals surface area contributed by atoms with Crippen LogP contribution in [-0.2, 0) is 6.54 Å². The van der Waals surface area contributed by atoms with E-state index in [0.717, 1.165) is 50.5 Å². The van der Waals surface area contributed by atoms with E-state index in [1.54, 1.807) is 0 Å². The molecular formula is C15H23N3. The Kier molecular flexibility index (Phi) is 4.76. The maximum absolute atomic E-state index is 4.73. The van der Waals surface area contributed by atoms with Crippen LogP contribution >= 0.6 is 0 Å². The zero-order valence-electron chi connectivity index (χ0n) is 11.4. The molecule has 1 aliphatic rings. The van der Waals surface area contributed by atoms with Crippen LogP contribution in [0.1, 0.15) is 32.4 Å². The Labute approximate surface area is 110 Å². The van der Waals surface area contributed by atoms with E-state index in [4.69, 9.17) is 4.98 Å². The second kappa shape index (κ2) is 6.55. The molecular weight excluding hydrogens is 222 g/mol.